The topological polar surface area (TPSA) is 37.4 Å². The van der Waals surface area contributed by atoms with Crippen LogP contribution in [0, 0.1) is 0 Å². The van der Waals surface area contributed by atoms with Crippen LogP contribution in [0.4, 0.5) is 0 Å². The van der Waals surface area contributed by atoms with E-state index in [0.29, 0.717) is 0 Å². The van der Waals surface area contributed by atoms with E-state index in [4.69, 9.17) is 9.73 Å². The Kier molecular flexibility index (Phi) is 8.60. The monoisotopic (exact) mass is 392 g/mol. The summed E-state index contributed by atoms with van der Waals surface area (Å²) in [6.45, 7) is 2.28. The molecule has 0 unspecified atom stereocenters. The first-order valence-electron chi connectivity index (χ1n) is 11.4. The Morgan fingerprint density at radius 1 is 1.03 bits per heavy atom. The molecule has 1 N–H and O–H groups in total. The van der Waals surface area contributed by atoms with Gasteiger partial charge in [0.2, 0.25) is 0 Å². The van der Waals surface area contributed by atoms with Gasteiger partial charge in [-0.2, -0.15) is 0 Å². The molecule has 0 saturated carbocycles. The zero-order chi connectivity index (χ0) is 20.3. The third-order valence-electron chi connectivity index (χ3n) is 5.74. The molecule has 29 heavy (non-hydrogen) atoms. The Hall–Kier alpha value is -2.29. The van der Waals surface area contributed by atoms with Crippen molar-refractivity contribution >= 4 is 5.71 Å². The molecule has 3 heteroatoms. The molecule has 0 amide bonds. The summed E-state index contributed by atoms with van der Waals surface area (Å²) in [5.74, 6) is 0.836. The lowest BCUT2D eigenvalue weighted by atomic mass is 10.0. The van der Waals surface area contributed by atoms with Gasteiger partial charge in [0.15, 0.2) is 0 Å². The van der Waals surface area contributed by atoms with Gasteiger partial charge in [0.25, 0.3) is 0 Å². The Balaban J connectivity index is 1.38. The second-order valence-electron chi connectivity index (χ2n) is 8.14. The number of aliphatic imine (C=N–C) groups is 1. The minimum Gasteiger partial charge on any atom is -0.494 e. The molecule has 2 heterocycles. The molecule has 1 aliphatic heterocycles. The van der Waals surface area contributed by atoms with E-state index >= 15 is 0 Å². The van der Waals surface area contributed by atoms with E-state index in [9.17, 15) is 0 Å². The van der Waals surface area contributed by atoms with Crippen molar-refractivity contribution in [2.45, 2.75) is 77.6 Å². The fraction of sp³-hybridized carbons (Fsp3) is 0.500. The normalized spacial score (nSPS) is 17.4. The van der Waals surface area contributed by atoms with Crippen LogP contribution in [-0.2, 0) is 4.74 Å². The summed E-state index contributed by atoms with van der Waals surface area (Å²) >= 11 is 0. The van der Waals surface area contributed by atoms with Gasteiger partial charge in [0.1, 0.15) is 11.5 Å². The van der Waals surface area contributed by atoms with E-state index in [-0.39, 0.29) is 0 Å². The summed E-state index contributed by atoms with van der Waals surface area (Å²) in [4.78, 5) is 7.97. The number of nitrogens with zero attached hydrogens (tertiary/aromatic N) is 1. The van der Waals surface area contributed by atoms with Gasteiger partial charge in [-0.05, 0) is 43.0 Å². The van der Waals surface area contributed by atoms with Crippen molar-refractivity contribution in [2.24, 2.45) is 4.99 Å². The number of aromatic nitrogens is 1. The van der Waals surface area contributed by atoms with Crippen molar-refractivity contribution in [1.29, 1.82) is 0 Å². The van der Waals surface area contributed by atoms with Gasteiger partial charge in [-0.15, -0.1) is 0 Å². The van der Waals surface area contributed by atoms with Crippen molar-refractivity contribution in [3.05, 3.63) is 70.9 Å². The maximum absolute atomic E-state index is 5.54. The zero-order valence-electron chi connectivity index (χ0n) is 18.2. The average molecular weight is 393 g/mol. The number of rotatable bonds is 13. The number of aromatic amines is 1. The van der Waals surface area contributed by atoms with Crippen LogP contribution in [-0.4, -0.2) is 17.8 Å². The third-order valence-corrected chi connectivity index (χ3v) is 5.74. The minimum absolute atomic E-state index is 0.836. The predicted molar refractivity (Wildman–Crippen MR) is 123 cm³/mol. The molecule has 1 aromatic heterocycles. The molecule has 0 spiro atoms. The number of methoxy groups -OCH3 is 1. The summed E-state index contributed by atoms with van der Waals surface area (Å²) in [6, 6.07) is 4.02. The summed E-state index contributed by atoms with van der Waals surface area (Å²) in [6.07, 6.45) is 25.4. The average Bonchev–Trinajstić information content (AvgIpc) is 3.48. The van der Waals surface area contributed by atoms with Gasteiger partial charge in [0, 0.05) is 12.3 Å². The van der Waals surface area contributed by atoms with E-state index in [0.717, 1.165) is 29.3 Å². The first-order valence-corrected chi connectivity index (χ1v) is 11.4. The van der Waals surface area contributed by atoms with E-state index in [1.807, 2.05) is 24.4 Å². The predicted octanol–water partition coefficient (Wildman–Crippen LogP) is 7.41. The maximum Gasteiger partial charge on any atom is 0.146 e. The summed E-state index contributed by atoms with van der Waals surface area (Å²) in [5, 5.41) is 0. The summed E-state index contributed by atoms with van der Waals surface area (Å²) in [5.41, 5.74) is 5.74. The third kappa shape index (κ3) is 6.62. The lowest BCUT2D eigenvalue weighted by Gasteiger charge is -2.05. The van der Waals surface area contributed by atoms with Crippen LogP contribution in [0.5, 0.6) is 0 Å². The Labute approximate surface area is 176 Å². The van der Waals surface area contributed by atoms with Gasteiger partial charge >= 0.3 is 0 Å². The number of hydrogen-bond donors (Lipinski definition) is 1. The number of nitrogens with one attached hydrogen (secondary N) is 1. The molecule has 0 aromatic carbocycles. The molecule has 0 fully saturated rings. The number of unbranched alkanes of at least 4 members (excludes halogenated alkanes) is 8. The van der Waals surface area contributed by atoms with E-state index in [1.54, 1.807) is 12.7 Å². The molecular weight excluding hydrogens is 356 g/mol. The number of H-pyrrole nitrogens is 1. The maximum atomic E-state index is 5.54. The Morgan fingerprint density at radius 3 is 2.48 bits per heavy atom. The van der Waals surface area contributed by atoms with Crippen molar-refractivity contribution in [2.75, 3.05) is 7.11 Å². The van der Waals surface area contributed by atoms with Crippen LogP contribution < -0.4 is 0 Å². The highest BCUT2D eigenvalue weighted by Gasteiger charge is 2.18. The number of hydrogen-bond acceptors (Lipinski definition) is 2. The Morgan fingerprint density at radius 2 is 1.79 bits per heavy atom. The SMILES string of the molecule is CCCCCCCCCCCC1=CC=C(/C=C2\N=C(c3ccc[nH]3)C=C2OC)C1. The summed E-state index contributed by atoms with van der Waals surface area (Å²) < 4.78 is 5.54. The van der Waals surface area contributed by atoms with E-state index in [1.165, 1.54) is 69.8 Å². The minimum atomic E-state index is 0.836. The Bertz CT molecular complexity index is 791. The van der Waals surface area contributed by atoms with Crippen LogP contribution in [0.1, 0.15) is 83.2 Å². The number of ether oxygens (including phenoxy) is 1. The molecule has 1 aliphatic carbocycles. The van der Waals surface area contributed by atoms with Gasteiger partial charge in [0.05, 0.1) is 18.5 Å². The highest BCUT2D eigenvalue weighted by Crippen LogP contribution is 2.29. The van der Waals surface area contributed by atoms with Gasteiger partial charge < -0.3 is 9.72 Å². The zero-order valence-corrected chi connectivity index (χ0v) is 18.2. The molecular formula is C26H36N2O. The molecule has 2 aliphatic rings. The van der Waals surface area contributed by atoms with Crippen LogP contribution >= 0.6 is 0 Å². The largest absolute Gasteiger partial charge is 0.494 e. The van der Waals surface area contributed by atoms with Crippen LogP contribution in [0.3, 0.4) is 0 Å². The molecule has 0 atom stereocenters. The van der Waals surface area contributed by atoms with Crippen molar-refractivity contribution in [3.8, 4) is 0 Å². The highest BCUT2D eigenvalue weighted by molar-refractivity contribution is 6.10. The van der Waals surface area contributed by atoms with Gasteiger partial charge in [-0.3, -0.25) is 0 Å². The fourth-order valence-electron chi connectivity index (χ4n) is 4.02. The molecule has 0 radical (unpaired) electrons. The first kappa shape index (κ1) is 21.4. The van der Waals surface area contributed by atoms with E-state index < -0.39 is 0 Å². The number of allylic oxidation sites excluding steroid dienone is 6. The fourth-order valence-corrected chi connectivity index (χ4v) is 4.02. The van der Waals surface area contributed by atoms with E-state index in [2.05, 4.69) is 30.1 Å². The molecule has 1 aromatic rings. The smallest absolute Gasteiger partial charge is 0.146 e. The molecule has 156 valence electrons. The summed E-state index contributed by atoms with van der Waals surface area (Å²) in [7, 11) is 1.71. The lowest BCUT2D eigenvalue weighted by Crippen LogP contribution is -1.93. The second kappa shape index (κ2) is 11.6. The standard InChI is InChI=1S/C26H36N2O/c1-3-4-5-6-7-8-9-10-11-13-21-15-16-22(18-21)19-25-26(29-2)20-24(28-25)23-14-12-17-27-23/h12,14-17,19-20,27H,3-11,13,18H2,1-2H3/b25-19-. The van der Waals surface area contributed by atoms with Crippen LogP contribution in [0.15, 0.2) is 70.2 Å². The van der Waals surface area contributed by atoms with Crippen molar-refractivity contribution in [3.63, 3.8) is 0 Å². The van der Waals surface area contributed by atoms with Gasteiger partial charge in [-0.25, -0.2) is 4.99 Å². The quantitative estimate of drug-likeness (QED) is 0.349. The highest BCUT2D eigenvalue weighted by atomic mass is 16.5. The molecule has 3 rings (SSSR count). The van der Waals surface area contributed by atoms with Crippen molar-refractivity contribution < 1.29 is 4.74 Å². The van der Waals surface area contributed by atoms with Gasteiger partial charge in [-0.1, -0.05) is 76.0 Å². The lowest BCUT2D eigenvalue weighted by molar-refractivity contribution is 0.302. The first-order chi connectivity index (χ1) is 14.3. The van der Waals surface area contributed by atoms with Crippen LogP contribution in [0.2, 0.25) is 0 Å². The van der Waals surface area contributed by atoms with Crippen LogP contribution in [0.25, 0.3) is 0 Å². The van der Waals surface area contributed by atoms with Crippen molar-refractivity contribution in [1.82, 2.24) is 4.98 Å². The molecule has 0 bridgehead atoms. The second-order valence-corrected chi connectivity index (χ2v) is 8.14. The molecule has 3 nitrogen and oxygen atoms in total. The molecule has 0 saturated heterocycles.